The summed E-state index contributed by atoms with van der Waals surface area (Å²) in [6.07, 6.45) is 2.16. The maximum atomic E-state index is 13.3. The van der Waals surface area contributed by atoms with E-state index in [1.54, 1.807) is 12.1 Å². The molecule has 102 valence electrons. The molecule has 0 radical (unpaired) electrons. The number of aliphatic carboxylic acids is 1. The van der Waals surface area contributed by atoms with Gasteiger partial charge in [0.15, 0.2) is 0 Å². The minimum Gasteiger partial charge on any atom is -0.480 e. The van der Waals surface area contributed by atoms with Crippen molar-refractivity contribution in [2.24, 2.45) is 0 Å². The van der Waals surface area contributed by atoms with E-state index in [9.17, 15) is 14.0 Å². The minimum absolute atomic E-state index is 0.176. The predicted molar refractivity (Wildman–Crippen MR) is 69.1 cm³/mol. The summed E-state index contributed by atoms with van der Waals surface area (Å²) in [5.74, 6) is -2.10. The standard InChI is InChI=1S/C14H16FNO3/c1-2-3-8-12(14(18)19)16-13(17)9-10-6-4-5-7-11(10)15/h2,4-7,12H,1,3,8-9H2,(H,16,17)(H,18,19). The molecule has 0 saturated carbocycles. The second-order valence-electron chi connectivity index (χ2n) is 4.09. The third-order valence-electron chi connectivity index (χ3n) is 2.60. The van der Waals surface area contributed by atoms with Crippen LogP contribution >= 0.6 is 0 Å². The van der Waals surface area contributed by atoms with Gasteiger partial charge in [-0.3, -0.25) is 4.79 Å². The van der Waals surface area contributed by atoms with Crippen LogP contribution in [0.2, 0.25) is 0 Å². The molecule has 4 nitrogen and oxygen atoms in total. The monoisotopic (exact) mass is 265 g/mol. The Morgan fingerprint density at radius 1 is 1.42 bits per heavy atom. The molecule has 1 aromatic rings. The van der Waals surface area contributed by atoms with Crippen LogP contribution in [0.25, 0.3) is 0 Å². The number of carboxylic acid groups (broad SMARTS) is 1. The minimum atomic E-state index is -1.11. The van der Waals surface area contributed by atoms with E-state index in [-0.39, 0.29) is 18.4 Å². The molecule has 5 heteroatoms. The first-order chi connectivity index (χ1) is 9.04. The van der Waals surface area contributed by atoms with Crippen LogP contribution in [-0.2, 0) is 16.0 Å². The van der Waals surface area contributed by atoms with Crippen LogP contribution in [0, 0.1) is 5.82 Å². The fourth-order valence-electron chi connectivity index (χ4n) is 1.60. The van der Waals surface area contributed by atoms with Gasteiger partial charge in [0.1, 0.15) is 11.9 Å². The van der Waals surface area contributed by atoms with Crippen molar-refractivity contribution in [3.8, 4) is 0 Å². The number of nitrogens with one attached hydrogen (secondary N) is 1. The highest BCUT2D eigenvalue weighted by atomic mass is 19.1. The predicted octanol–water partition coefficient (Wildman–Crippen LogP) is 1.90. The highest BCUT2D eigenvalue weighted by Crippen LogP contribution is 2.07. The number of carbonyl (C=O) groups excluding carboxylic acids is 1. The summed E-state index contributed by atoms with van der Waals surface area (Å²) in [6.45, 7) is 3.50. The molecule has 0 bridgehead atoms. The lowest BCUT2D eigenvalue weighted by atomic mass is 10.1. The topological polar surface area (TPSA) is 66.4 Å². The number of halogens is 1. The van der Waals surface area contributed by atoms with Crippen LogP contribution in [0.3, 0.4) is 0 Å². The van der Waals surface area contributed by atoms with Gasteiger partial charge in [-0.1, -0.05) is 24.3 Å². The average molecular weight is 265 g/mol. The molecule has 0 heterocycles. The zero-order chi connectivity index (χ0) is 14.3. The van der Waals surface area contributed by atoms with E-state index in [1.807, 2.05) is 0 Å². The summed E-state index contributed by atoms with van der Waals surface area (Å²) < 4.78 is 13.3. The molecule has 1 atom stereocenters. The maximum Gasteiger partial charge on any atom is 0.326 e. The van der Waals surface area contributed by atoms with Crippen molar-refractivity contribution in [1.29, 1.82) is 0 Å². The Morgan fingerprint density at radius 2 is 2.11 bits per heavy atom. The highest BCUT2D eigenvalue weighted by molar-refractivity contribution is 5.84. The Morgan fingerprint density at radius 3 is 2.68 bits per heavy atom. The number of benzene rings is 1. The van der Waals surface area contributed by atoms with Gasteiger partial charge in [-0.25, -0.2) is 9.18 Å². The molecule has 0 aliphatic carbocycles. The lowest BCUT2D eigenvalue weighted by Gasteiger charge is -2.13. The first-order valence-corrected chi connectivity index (χ1v) is 5.91. The summed E-state index contributed by atoms with van der Waals surface area (Å²) >= 11 is 0. The third-order valence-corrected chi connectivity index (χ3v) is 2.60. The summed E-state index contributed by atoms with van der Waals surface area (Å²) in [7, 11) is 0. The highest BCUT2D eigenvalue weighted by Gasteiger charge is 2.19. The van der Waals surface area contributed by atoms with Gasteiger partial charge in [0, 0.05) is 0 Å². The van der Waals surface area contributed by atoms with E-state index in [0.717, 1.165) is 0 Å². The van der Waals surface area contributed by atoms with E-state index in [0.29, 0.717) is 6.42 Å². The Kier molecular flexibility index (Phi) is 5.73. The van der Waals surface area contributed by atoms with Gasteiger partial charge in [0.05, 0.1) is 6.42 Å². The molecule has 1 rings (SSSR count). The third kappa shape index (κ3) is 4.91. The van der Waals surface area contributed by atoms with Gasteiger partial charge in [-0.15, -0.1) is 6.58 Å². The van der Waals surface area contributed by atoms with Crippen LogP contribution in [0.1, 0.15) is 18.4 Å². The quantitative estimate of drug-likeness (QED) is 0.740. The number of amides is 1. The number of hydrogen-bond donors (Lipinski definition) is 2. The van der Waals surface area contributed by atoms with Crippen molar-refractivity contribution < 1.29 is 19.1 Å². The van der Waals surface area contributed by atoms with E-state index in [1.165, 1.54) is 18.2 Å². The zero-order valence-corrected chi connectivity index (χ0v) is 10.4. The first-order valence-electron chi connectivity index (χ1n) is 5.91. The molecule has 1 amide bonds. The van der Waals surface area contributed by atoms with Crippen LogP contribution in [0.4, 0.5) is 4.39 Å². The molecule has 0 saturated heterocycles. The van der Waals surface area contributed by atoms with Gasteiger partial charge in [0.2, 0.25) is 5.91 Å². The summed E-state index contributed by atoms with van der Waals surface area (Å²) in [5.41, 5.74) is 0.243. The largest absolute Gasteiger partial charge is 0.480 e. The van der Waals surface area contributed by atoms with E-state index >= 15 is 0 Å². The molecule has 2 N–H and O–H groups in total. The molecule has 0 spiro atoms. The van der Waals surface area contributed by atoms with E-state index in [4.69, 9.17) is 5.11 Å². The average Bonchev–Trinajstić information content (AvgIpc) is 2.37. The van der Waals surface area contributed by atoms with Crippen molar-refractivity contribution in [2.75, 3.05) is 0 Å². The Bertz CT molecular complexity index is 474. The van der Waals surface area contributed by atoms with Gasteiger partial charge in [-0.2, -0.15) is 0 Å². The van der Waals surface area contributed by atoms with E-state index in [2.05, 4.69) is 11.9 Å². The normalized spacial score (nSPS) is 11.6. The van der Waals surface area contributed by atoms with Crippen LogP contribution in [-0.4, -0.2) is 23.0 Å². The number of hydrogen-bond acceptors (Lipinski definition) is 2. The van der Waals surface area contributed by atoms with Gasteiger partial charge < -0.3 is 10.4 Å². The molecule has 0 aliphatic heterocycles. The molecule has 1 unspecified atom stereocenters. The molecular weight excluding hydrogens is 249 g/mol. The smallest absolute Gasteiger partial charge is 0.326 e. The number of carbonyl (C=O) groups is 2. The molecule has 0 fully saturated rings. The van der Waals surface area contributed by atoms with Crippen LogP contribution in [0.15, 0.2) is 36.9 Å². The number of carboxylic acids is 1. The summed E-state index contributed by atoms with van der Waals surface area (Å²) in [5, 5.41) is 11.3. The SMILES string of the molecule is C=CCCC(NC(=O)Cc1ccccc1F)C(=O)O. The lowest BCUT2D eigenvalue weighted by Crippen LogP contribution is -2.41. The van der Waals surface area contributed by atoms with Crippen LogP contribution < -0.4 is 5.32 Å². The van der Waals surface area contributed by atoms with Crippen molar-refractivity contribution in [2.45, 2.75) is 25.3 Å². The summed E-state index contributed by atoms with van der Waals surface area (Å²) in [6, 6.07) is 4.93. The van der Waals surface area contributed by atoms with Crippen molar-refractivity contribution in [3.05, 3.63) is 48.3 Å². The van der Waals surface area contributed by atoms with Crippen LogP contribution in [0.5, 0.6) is 0 Å². The molecule has 0 aliphatic rings. The van der Waals surface area contributed by atoms with Crippen molar-refractivity contribution in [3.63, 3.8) is 0 Å². The molecular formula is C14H16FNO3. The van der Waals surface area contributed by atoms with Crippen molar-refractivity contribution >= 4 is 11.9 Å². The second-order valence-corrected chi connectivity index (χ2v) is 4.09. The molecule has 0 aromatic heterocycles. The lowest BCUT2D eigenvalue weighted by molar-refractivity contribution is -0.141. The number of rotatable bonds is 7. The van der Waals surface area contributed by atoms with E-state index < -0.39 is 23.7 Å². The fourth-order valence-corrected chi connectivity index (χ4v) is 1.60. The maximum absolute atomic E-state index is 13.3. The van der Waals surface area contributed by atoms with Gasteiger partial charge >= 0.3 is 5.97 Å². The molecule has 1 aromatic carbocycles. The summed E-state index contributed by atoms with van der Waals surface area (Å²) in [4.78, 5) is 22.6. The van der Waals surface area contributed by atoms with Gasteiger partial charge in [0.25, 0.3) is 0 Å². The fraction of sp³-hybridized carbons (Fsp3) is 0.286. The van der Waals surface area contributed by atoms with Gasteiger partial charge in [-0.05, 0) is 24.5 Å². The number of allylic oxidation sites excluding steroid dienone is 1. The second kappa shape index (κ2) is 7.31. The Labute approximate surface area is 110 Å². The van der Waals surface area contributed by atoms with Crippen molar-refractivity contribution in [1.82, 2.24) is 5.32 Å². The first kappa shape index (κ1) is 14.9. The Balaban J connectivity index is 2.60. The molecule has 19 heavy (non-hydrogen) atoms. The Hall–Kier alpha value is -2.17. The zero-order valence-electron chi connectivity index (χ0n) is 10.4.